The summed E-state index contributed by atoms with van der Waals surface area (Å²) in [4.78, 5) is 2.77. The van der Waals surface area contributed by atoms with Gasteiger partial charge in [0.15, 0.2) is 0 Å². The third-order valence-electron chi connectivity index (χ3n) is 3.16. The maximum atomic E-state index is 4.46. The maximum Gasteiger partial charge on any atom is 0.0853 e. The molecule has 0 amide bonds. The molecule has 0 radical (unpaired) electrons. The van der Waals surface area contributed by atoms with Crippen LogP contribution in [0.5, 0.6) is 0 Å². The van der Waals surface area contributed by atoms with E-state index in [2.05, 4.69) is 50.4 Å². The SMILES string of the molecule is CCc1nn(C)cc1NC(C)c1cc(C)sc1C. The van der Waals surface area contributed by atoms with Gasteiger partial charge in [-0.25, -0.2) is 0 Å². The van der Waals surface area contributed by atoms with E-state index in [1.165, 1.54) is 15.3 Å². The standard InChI is InChI=1S/C14H21N3S/c1-6-13-14(8-17(5)16-13)15-10(3)12-7-9(2)18-11(12)4/h7-8,10,15H,6H2,1-5H3. The summed E-state index contributed by atoms with van der Waals surface area (Å²) >= 11 is 1.86. The lowest BCUT2D eigenvalue weighted by atomic mass is 10.1. The van der Waals surface area contributed by atoms with Crippen LogP contribution in [0.2, 0.25) is 0 Å². The van der Waals surface area contributed by atoms with E-state index in [1.54, 1.807) is 0 Å². The molecule has 2 rings (SSSR count). The number of hydrogen-bond acceptors (Lipinski definition) is 3. The quantitative estimate of drug-likeness (QED) is 0.908. The van der Waals surface area contributed by atoms with Gasteiger partial charge in [0, 0.05) is 29.0 Å². The largest absolute Gasteiger partial charge is 0.376 e. The second kappa shape index (κ2) is 5.14. The highest BCUT2D eigenvalue weighted by Gasteiger charge is 2.14. The molecule has 1 unspecified atom stereocenters. The molecule has 0 aliphatic rings. The molecule has 3 nitrogen and oxygen atoms in total. The number of anilines is 1. The van der Waals surface area contributed by atoms with E-state index in [0.29, 0.717) is 6.04 Å². The molecule has 0 saturated carbocycles. The number of thiophene rings is 1. The van der Waals surface area contributed by atoms with Gasteiger partial charge in [0.2, 0.25) is 0 Å². The Morgan fingerprint density at radius 1 is 1.44 bits per heavy atom. The molecule has 18 heavy (non-hydrogen) atoms. The number of nitrogens with one attached hydrogen (secondary N) is 1. The van der Waals surface area contributed by atoms with Gasteiger partial charge in [0.1, 0.15) is 0 Å². The lowest BCUT2D eigenvalue weighted by molar-refractivity contribution is 0.746. The van der Waals surface area contributed by atoms with Crippen LogP contribution in [0.4, 0.5) is 5.69 Å². The number of nitrogens with zero attached hydrogens (tertiary/aromatic N) is 2. The first-order valence-electron chi connectivity index (χ1n) is 6.37. The lowest BCUT2D eigenvalue weighted by Gasteiger charge is -2.14. The van der Waals surface area contributed by atoms with Crippen molar-refractivity contribution in [1.82, 2.24) is 9.78 Å². The van der Waals surface area contributed by atoms with Gasteiger partial charge in [-0.3, -0.25) is 4.68 Å². The van der Waals surface area contributed by atoms with Crippen molar-refractivity contribution in [1.29, 1.82) is 0 Å². The Morgan fingerprint density at radius 2 is 2.17 bits per heavy atom. The van der Waals surface area contributed by atoms with Crippen molar-refractivity contribution in [3.8, 4) is 0 Å². The second-order valence-corrected chi connectivity index (χ2v) is 6.21. The predicted octanol–water partition coefficient (Wildman–Crippen LogP) is 3.83. The third-order valence-corrected chi connectivity index (χ3v) is 4.14. The first-order valence-corrected chi connectivity index (χ1v) is 7.19. The minimum Gasteiger partial charge on any atom is -0.376 e. The van der Waals surface area contributed by atoms with E-state index < -0.39 is 0 Å². The van der Waals surface area contributed by atoms with Crippen molar-refractivity contribution in [2.45, 2.75) is 40.2 Å². The predicted molar refractivity (Wildman–Crippen MR) is 78.4 cm³/mol. The van der Waals surface area contributed by atoms with Crippen LogP contribution in [0.1, 0.15) is 40.9 Å². The van der Waals surface area contributed by atoms with Crippen LogP contribution < -0.4 is 5.32 Å². The van der Waals surface area contributed by atoms with Crippen LogP contribution >= 0.6 is 11.3 Å². The van der Waals surface area contributed by atoms with Crippen LogP contribution in [0.3, 0.4) is 0 Å². The van der Waals surface area contributed by atoms with Gasteiger partial charge < -0.3 is 5.32 Å². The number of hydrogen-bond donors (Lipinski definition) is 1. The Labute approximate surface area is 113 Å². The fourth-order valence-corrected chi connectivity index (χ4v) is 3.33. The molecule has 1 N–H and O–H groups in total. The molecule has 0 spiro atoms. The van der Waals surface area contributed by atoms with Gasteiger partial charge in [0.25, 0.3) is 0 Å². The van der Waals surface area contributed by atoms with Crippen LogP contribution in [0.25, 0.3) is 0 Å². The fraction of sp³-hybridized carbons (Fsp3) is 0.500. The van der Waals surface area contributed by atoms with Crippen LogP contribution in [-0.4, -0.2) is 9.78 Å². The summed E-state index contributed by atoms with van der Waals surface area (Å²) in [5.74, 6) is 0. The monoisotopic (exact) mass is 263 g/mol. The van der Waals surface area contributed by atoms with Gasteiger partial charge in [-0.2, -0.15) is 5.10 Å². The Balaban J connectivity index is 2.20. The molecule has 0 aromatic carbocycles. The summed E-state index contributed by atoms with van der Waals surface area (Å²) in [7, 11) is 1.97. The smallest absolute Gasteiger partial charge is 0.0853 e. The first-order chi connectivity index (χ1) is 8.51. The van der Waals surface area contributed by atoms with Crippen LogP contribution in [-0.2, 0) is 13.5 Å². The second-order valence-electron chi connectivity index (χ2n) is 4.75. The average Bonchev–Trinajstić information content (AvgIpc) is 2.81. The average molecular weight is 263 g/mol. The van der Waals surface area contributed by atoms with E-state index in [4.69, 9.17) is 0 Å². The Hall–Kier alpha value is -1.29. The minimum absolute atomic E-state index is 0.324. The van der Waals surface area contributed by atoms with E-state index >= 15 is 0 Å². The fourth-order valence-electron chi connectivity index (χ4n) is 2.31. The van der Waals surface area contributed by atoms with E-state index in [9.17, 15) is 0 Å². The molecule has 4 heteroatoms. The van der Waals surface area contributed by atoms with Crippen molar-refractivity contribution in [2.75, 3.05) is 5.32 Å². The van der Waals surface area contributed by atoms with E-state index in [-0.39, 0.29) is 0 Å². The molecule has 0 fully saturated rings. The highest BCUT2D eigenvalue weighted by atomic mass is 32.1. The van der Waals surface area contributed by atoms with Crippen LogP contribution in [0, 0.1) is 13.8 Å². The number of aromatic nitrogens is 2. The molecule has 0 aliphatic carbocycles. The summed E-state index contributed by atoms with van der Waals surface area (Å²) in [5.41, 5.74) is 3.67. The van der Waals surface area contributed by atoms with Gasteiger partial charge >= 0.3 is 0 Å². The summed E-state index contributed by atoms with van der Waals surface area (Å²) < 4.78 is 1.87. The zero-order valence-electron chi connectivity index (χ0n) is 11.7. The van der Waals surface area contributed by atoms with Crippen molar-refractivity contribution in [2.24, 2.45) is 7.05 Å². The zero-order valence-corrected chi connectivity index (χ0v) is 12.6. The molecule has 0 aliphatic heterocycles. The topological polar surface area (TPSA) is 29.9 Å². The summed E-state index contributed by atoms with van der Waals surface area (Å²) in [6.07, 6.45) is 3.02. The molecule has 0 saturated heterocycles. The summed E-state index contributed by atoms with van der Waals surface area (Å²) in [6.45, 7) is 8.70. The lowest BCUT2D eigenvalue weighted by Crippen LogP contribution is -2.07. The molecule has 98 valence electrons. The Kier molecular flexibility index (Phi) is 3.76. The number of aryl methyl sites for hydroxylation is 4. The highest BCUT2D eigenvalue weighted by molar-refractivity contribution is 7.12. The highest BCUT2D eigenvalue weighted by Crippen LogP contribution is 2.29. The Bertz CT molecular complexity index is 539. The molecule has 2 heterocycles. The molecular weight excluding hydrogens is 242 g/mol. The van der Waals surface area contributed by atoms with Crippen LogP contribution in [0.15, 0.2) is 12.3 Å². The van der Waals surface area contributed by atoms with E-state index in [1.807, 2.05) is 23.1 Å². The van der Waals surface area contributed by atoms with Crippen molar-refractivity contribution >= 4 is 17.0 Å². The normalized spacial score (nSPS) is 12.7. The van der Waals surface area contributed by atoms with Gasteiger partial charge in [-0.15, -0.1) is 11.3 Å². The molecule has 1 atom stereocenters. The maximum absolute atomic E-state index is 4.46. The van der Waals surface area contributed by atoms with Crippen molar-refractivity contribution in [3.63, 3.8) is 0 Å². The summed E-state index contributed by atoms with van der Waals surface area (Å²) in [5, 5.41) is 8.04. The summed E-state index contributed by atoms with van der Waals surface area (Å²) in [6, 6.07) is 2.60. The van der Waals surface area contributed by atoms with Gasteiger partial charge in [0.05, 0.1) is 11.4 Å². The Morgan fingerprint density at radius 3 is 2.72 bits per heavy atom. The molecule has 2 aromatic rings. The molecule has 0 bridgehead atoms. The van der Waals surface area contributed by atoms with Crippen molar-refractivity contribution < 1.29 is 0 Å². The number of rotatable bonds is 4. The van der Waals surface area contributed by atoms with E-state index in [0.717, 1.165) is 17.8 Å². The first kappa shape index (κ1) is 13.1. The van der Waals surface area contributed by atoms with Gasteiger partial charge in [-0.1, -0.05) is 6.92 Å². The minimum atomic E-state index is 0.324. The van der Waals surface area contributed by atoms with Gasteiger partial charge in [-0.05, 0) is 38.8 Å². The van der Waals surface area contributed by atoms with Crippen molar-refractivity contribution in [3.05, 3.63) is 33.3 Å². The third kappa shape index (κ3) is 2.58. The zero-order chi connectivity index (χ0) is 13.3. The molecular formula is C14H21N3S. The molecule has 2 aromatic heterocycles.